The van der Waals surface area contributed by atoms with Crippen LogP contribution in [0.25, 0.3) is 0 Å². The molecule has 1 heteroatoms. The summed E-state index contributed by atoms with van der Waals surface area (Å²) in [6.07, 6.45) is 2.17. The molecule has 0 aliphatic carbocycles. The van der Waals surface area contributed by atoms with Crippen molar-refractivity contribution >= 4 is 5.69 Å². The molecule has 0 bridgehead atoms. The Morgan fingerprint density at radius 3 is 2.54 bits per heavy atom. The quantitative estimate of drug-likeness (QED) is 0.704. The molecule has 1 nitrogen and oxygen atoms in total. The fourth-order valence-electron chi connectivity index (χ4n) is 1.59. The third-order valence-corrected chi connectivity index (χ3v) is 2.75. The molecule has 13 heavy (non-hydrogen) atoms. The van der Waals surface area contributed by atoms with Crippen LogP contribution in [0.1, 0.15) is 44.2 Å². The van der Waals surface area contributed by atoms with E-state index in [1.807, 2.05) is 0 Å². The van der Waals surface area contributed by atoms with Crippen LogP contribution in [0.4, 0.5) is 5.69 Å². The Hall–Kier alpha value is -0.980. The van der Waals surface area contributed by atoms with Crippen molar-refractivity contribution in [2.45, 2.75) is 39.5 Å². The highest BCUT2D eigenvalue weighted by molar-refractivity contribution is 5.55. The number of nitrogen functional groups attached to an aromatic ring is 1. The lowest BCUT2D eigenvalue weighted by Crippen LogP contribution is -2.01. The van der Waals surface area contributed by atoms with Crippen molar-refractivity contribution in [1.82, 2.24) is 0 Å². The summed E-state index contributed by atoms with van der Waals surface area (Å²) in [5, 5.41) is 0. The van der Waals surface area contributed by atoms with E-state index in [2.05, 4.69) is 39.0 Å². The molecule has 0 fully saturated rings. The summed E-state index contributed by atoms with van der Waals surface area (Å²) in [6, 6.07) is 6.36. The summed E-state index contributed by atoms with van der Waals surface area (Å²) in [6.45, 7) is 6.57. The molecule has 0 spiro atoms. The number of aryl methyl sites for hydroxylation is 1. The van der Waals surface area contributed by atoms with Crippen LogP contribution in [0, 0.1) is 0 Å². The second-order valence-corrected chi connectivity index (χ2v) is 3.58. The first-order chi connectivity index (χ1) is 6.20. The second kappa shape index (κ2) is 4.31. The van der Waals surface area contributed by atoms with Crippen molar-refractivity contribution in [1.29, 1.82) is 0 Å². The third-order valence-electron chi connectivity index (χ3n) is 2.75. The Labute approximate surface area is 81.0 Å². The monoisotopic (exact) mass is 177 g/mol. The molecule has 1 aromatic rings. The van der Waals surface area contributed by atoms with E-state index < -0.39 is 0 Å². The van der Waals surface area contributed by atoms with Gasteiger partial charge in [-0.3, -0.25) is 0 Å². The molecule has 2 N–H and O–H groups in total. The molecule has 0 radical (unpaired) electrons. The highest BCUT2D eigenvalue weighted by Crippen LogP contribution is 2.27. The summed E-state index contributed by atoms with van der Waals surface area (Å²) in [7, 11) is 0. The van der Waals surface area contributed by atoms with Gasteiger partial charge in [-0.05, 0) is 29.9 Å². The number of benzene rings is 1. The minimum atomic E-state index is 0.575. The summed E-state index contributed by atoms with van der Waals surface area (Å²) >= 11 is 0. The maximum Gasteiger partial charge on any atom is 0.0381 e. The van der Waals surface area contributed by atoms with Crippen LogP contribution in [0.15, 0.2) is 18.2 Å². The maximum absolute atomic E-state index is 6.07. The minimum Gasteiger partial charge on any atom is -0.398 e. The highest BCUT2D eigenvalue weighted by Gasteiger charge is 2.08. The van der Waals surface area contributed by atoms with Crippen molar-refractivity contribution in [2.24, 2.45) is 0 Å². The molecule has 1 aromatic carbocycles. The molecular weight excluding hydrogens is 158 g/mol. The van der Waals surface area contributed by atoms with Gasteiger partial charge in [0.1, 0.15) is 0 Å². The number of hydrogen-bond acceptors (Lipinski definition) is 1. The van der Waals surface area contributed by atoms with Crippen LogP contribution < -0.4 is 5.73 Å². The molecule has 1 atom stereocenters. The largest absolute Gasteiger partial charge is 0.398 e. The van der Waals surface area contributed by atoms with Gasteiger partial charge in [0, 0.05) is 5.69 Å². The molecule has 0 amide bonds. The van der Waals surface area contributed by atoms with Crippen LogP contribution >= 0.6 is 0 Å². The molecule has 1 rings (SSSR count). The van der Waals surface area contributed by atoms with Crippen LogP contribution in [-0.4, -0.2) is 0 Å². The zero-order valence-corrected chi connectivity index (χ0v) is 8.80. The predicted molar refractivity (Wildman–Crippen MR) is 58.9 cm³/mol. The average Bonchev–Trinajstić information content (AvgIpc) is 2.17. The molecule has 0 saturated heterocycles. The van der Waals surface area contributed by atoms with Crippen molar-refractivity contribution < 1.29 is 0 Å². The molecule has 0 unspecified atom stereocenters. The fourth-order valence-corrected chi connectivity index (χ4v) is 1.59. The van der Waals surface area contributed by atoms with Gasteiger partial charge in [-0.2, -0.15) is 0 Å². The van der Waals surface area contributed by atoms with Gasteiger partial charge in [0.2, 0.25) is 0 Å². The predicted octanol–water partition coefficient (Wildman–Crippen LogP) is 3.34. The van der Waals surface area contributed by atoms with Crippen molar-refractivity contribution in [3.63, 3.8) is 0 Å². The minimum absolute atomic E-state index is 0.575. The SMILES string of the molecule is CCc1cccc([C@H](C)CC)c1N. The lowest BCUT2D eigenvalue weighted by atomic mass is 9.94. The highest BCUT2D eigenvalue weighted by atomic mass is 14.6. The Kier molecular flexibility index (Phi) is 3.35. The van der Waals surface area contributed by atoms with E-state index in [4.69, 9.17) is 5.73 Å². The van der Waals surface area contributed by atoms with E-state index in [-0.39, 0.29) is 0 Å². The first kappa shape index (κ1) is 10.1. The number of nitrogens with two attached hydrogens (primary N) is 1. The van der Waals surface area contributed by atoms with Crippen molar-refractivity contribution in [3.05, 3.63) is 29.3 Å². The normalized spacial score (nSPS) is 12.8. The number of hydrogen-bond donors (Lipinski definition) is 1. The second-order valence-electron chi connectivity index (χ2n) is 3.58. The van der Waals surface area contributed by atoms with Gasteiger partial charge < -0.3 is 5.73 Å². The average molecular weight is 177 g/mol. The van der Waals surface area contributed by atoms with Gasteiger partial charge in [-0.15, -0.1) is 0 Å². The molecule has 0 saturated carbocycles. The van der Waals surface area contributed by atoms with Gasteiger partial charge in [0.25, 0.3) is 0 Å². The van der Waals surface area contributed by atoms with E-state index in [1.165, 1.54) is 11.1 Å². The van der Waals surface area contributed by atoms with E-state index in [0.29, 0.717) is 5.92 Å². The summed E-state index contributed by atoms with van der Waals surface area (Å²) in [5.74, 6) is 0.575. The number of anilines is 1. The zero-order chi connectivity index (χ0) is 9.84. The van der Waals surface area contributed by atoms with Gasteiger partial charge in [-0.25, -0.2) is 0 Å². The summed E-state index contributed by atoms with van der Waals surface area (Å²) < 4.78 is 0. The molecule has 0 heterocycles. The van der Waals surface area contributed by atoms with E-state index >= 15 is 0 Å². The van der Waals surface area contributed by atoms with E-state index in [1.54, 1.807) is 0 Å². The molecule has 0 aromatic heterocycles. The van der Waals surface area contributed by atoms with Gasteiger partial charge in [0.15, 0.2) is 0 Å². The Balaban J connectivity index is 3.08. The number of rotatable bonds is 3. The summed E-state index contributed by atoms with van der Waals surface area (Å²) in [4.78, 5) is 0. The zero-order valence-electron chi connectivity index (χ0n) is 8.80. The van der Waals surface area contributed by atoms with Gasteiger partial charge >= 0.3 is 0 Å². The smallest absolute Gasteiger partial charge is 0.0381 e. The molecule has 0 aliphatic rings. The maximum atomic E-state index is 6.07. The Morgan fingerprint density at radius 1 is 1.31 bits per heavy atom. The van der Waals surface area contributed by atoms with Crippen molar-refractivity contribution in [2.75, 3.05) is 5.73 Å². The lowest BCUT2D eigenvalue weighted by Gasteiger charge is -2.14. The topological polar surface area (TPSA) is 26.0 Å². The fraction of sp³-hybridized carbons (Fsp3) is 0.500. The third kappa shape index (κ3) is 2.03. The standard InChI is InChI=1S/C12H19N/c1-4-9(3)11-8-6-7-10(5-2)12(11)13/h6-9H,4-5,13H2,1-3H3/t9-/m1/s1. The number of para-hydroxylation sites is 1. The summed E-state index contributed by atoms with van der Waals surface area (Å²) in [5.41, 5.74) is 9.65. The van der Waals surface area contributed by atoms with Crippen LogP contribution in [0.3, 0.4) is 0 Å². The van der Waals surface area contributed by atoms with Gasteiger partial charge in [0.05, 0.1) is 0 Å². The Morgan fingerprint density at radius 2 is 2.00 bits per heavy atom. The lowest BCUT2D eigenvalue weighted by molar-refractivity contribution is 0.734. The van der Waals surface area contributed by atoms with Crippen LogP contribution in [-0.2, 0) is 6.42 Å². The van der Waals surface area contributed by atoms with E-state index in [0.717, 1.165) is 18.5 Å². The van der Waals surface area contributed by atoms with Crippen LogP contribution in [0.2, 0.25) is 0 Å². The molecule has 0 aliphatic heterocycles. The molecular formula is C12H19N. The Bertz CT molecular complexity index is 278. The van der Waals surface area contributed by atoms with E-state index in [9.17, 15) is 0 Å². The van der Waals surface area contributed by atoms with Crippen molar-refractivity contribution in [3.8, 4) is 0 Å². The van der Waals surface area contributed by atoms with Gasteiger partial charge in [-0.1, -0.05) is 39.0 Å². The first-order valence-corrected chi connectivity index (χ1v) is 5.07. The first-order valence-electron chi connectivity index (χ1n) is 5.07. The molecule has 72 valence electrons. The van der Waals surface area contributed by atoms with Crippen LogP contribution in [0.5, 0.6) is 0 Å².